The Hall–Kier alpha value is -2.49. The first-order valence-electron chi connectivity index (χ1n) is 7.06. The average Bonchev–Trinajstić information content (AvgIpc) is 3.34. The van der Waals surface area contributed by atoms with E-state index < -0.39 is 0 Å². The molecule has 0 heterocycles. The van der Waals surface area contributed by atoms with E-state index in [1.165, 1.54) is 0 Å². The van der Waals surface area contributed by atoms with Crippen LogP contribution in [0.3, 0.4) is 0 Å². The van der Waals surface area contributed by atoms with E-state index in [1.807, 2.05) is 48.5 Å². The second-order valence-electron chi connectivity index (χ2n) is 5.20. The van der Waals surface area contributed by atoms with Crippen molar-refractivity contribution in [1.29, 1.82) is 0 Å². The Kier molecular flexibility index (Phi) is 3.77. The Morgan fingerprint density at radius 1 is 1.05 bits per heavy atom. The fourth-order valence-corrected chi connectivity index (χ4v) is 2.09. The summed E-state index contributed by atoms with van der Waals surface area (Å²) in [4.78, 5) is 11.7. The number of anilines is 3. The van der Waals surface area contributed by atoms with Gasteiger partial charge in [0.05, 0.1) is 7.11 Å². The van der Waals surface area contributed by atoms with Crippen LogP contribution in [0.4, 0.5) is 17.1 Å². The zero-order valence-corrected chi connectivity index (χ0v) is 11.9. The summed E-state index contributed by atoms with van der Waals surface area (Å²) in [6, 6.07) is 15.5. The molecule has 4 heteroatoms. The molecule has 3 rings (SSSR count). The summed E-state index contributed by atoms with van der Waals surface area (Å²) in [7, 11) is 1.65. The topological polar surface area (TPSA) is 50.4 Å². The number of rotatable bonds is 5. The van der Waals surface area contributed by atoms with Gasteiger partial charge < -0.3 is 15.4 Å². The molecule has 0 spiro atoms. The summed E-state index contributed by atoms with van der Waals surface area (Å²) in [5, 5.41) is 6.23. The molecule has 0 bridgehead atoms. The van der Waals surface area contributed by atoms with Gasteiger partial charge in [-0.3, -0.25) is 4.79 Å². The number of ether oxygens (including phenoxy) is 1. The molecule has 21 heavy (non-hydrogen) atoms. The SMILES string of the molecule is COc1cccc(Nc2ccc(NC(=O)C3CC3)cc2)c1. The average molecular weight is 282 g/mol. The second kappa shape index (κ2) is 5.87. The van der Waals surface area contributed by atoms with Crippen molar-refractivity contribution in [2.75, 3.05) is 17.7 Å². The number of methoxy groups -OCH3 is 1. The zero-order chi connectivity index (χ0) is 14.7. The van der Waals surface area contributed by atoms with Gasteiger partial charge in [-0.2, -0.15) is 0 Å². The van der Waals surface area contributed by atoms with Gasteiger partial charge in [0.25, 0.3) is 0 Å². The molecule has 1 saturated carbocycles. The monoisotopic (exact) mass is 282 g/mol. The smallest absolute Gasteiger partial charge is 0.227 e. The first-order chi connectivity index (χ1) is 10.2. The molecule has 0 aromatic heterocycles. The number of hydrogen-bond acceptors (Lipinski definition) is 3. The van der Waals surface area contributed by atoms with E-state index >= 15 is 0 Å². The van der Waals surface area contributed by atoms with Gasteiger partial charge in [0, 0.05) is 29.0 Å². The molecular formula is C17H18N2O2. The van der Waals surface area contributed by atoms with Crippen LogP contribution < -0.4 is 15.4 Å². The van der Waals surface area contributed by atoms with Gasteiger partial charge >= 0.3 is 0 Å². The first-order valence-corrected chi connectivity index (χ1v) is 7.06. The van der Waals surface area contributed by atoms with Crippen LogP contribution in [0.15, 0.2) is 48.5 Å². The summed E-state index contributed by atoms with van der Waals surface area (Å²) in [6.45, 7) is 0. The third-order valence-electron chi connectivity index (χ3n) is 3.46. The fourth-order valence-electron chi connectivity index (χ4n) is 2.09. The van der Waals surface area contributed by atoms with Crippen LogP contribution in [0.2, 0.25) is 0 Å². The van der Waals surface area contributed by atoms with Crippen molar-refractivity contribution >= 4 is 23.0 Å². The van der Waals surface area contributed by atoms with Gasteiger partial charge in [-0.15, -0.1) is 0 Å². The Morgan fingerprint density at radius 2 is 1.76 bits per heavy atom. The van der Waals surface area contributed by atoms with Crippen LogP contribution in [-0.2, 0) is 4.79 Å². The van der Waals surface area contributed by atoms with E-state index in [0.717, 1.165) is 35.7 Å². The van der Waals surface area contributed by atoms with Gasteiger partial charge in [0.1, 0.15) is 5.75 Å². The number of amides is 1. The van der Waals surface area contributed by atoms with Crippen LogP contribution in [0.5, 0.6) is 5.75 Å². The molecule has 1 aliphatic carbocycles. The van der Waals surface area contributed by atoms with Gasteiger partial charge in [-0.05, 0) is 49.2 Å². The van der Waals surface area contributed by atoms with Gasteiger partial charge in [-0.25, -0.2) is 0 Å². The van der Waals surface area contributed by atoms with Crippen LogP contribution >= 0.6 is 0 Å². The Bertz CT molecular complexity index is 633. The minimum Gasteiger partial charge on any atom is -0.497 e. The predicted octanol–water partition coefficient (Wildman–Crippen LogP) is 3.79. The highest BCUT2D eigenvalue weighted by Gasteiger charge is 2.29. The van der Waals surface area contributed by atoms with E-state index in [4.69, 9.17) is 4.74 Å². The maximum Gasteiger partial charge on any atom is 0.227 e. The molecule has 4 nitrogen and oxygen atoms in total. The summed E-state index contributed by atoms with van der Waals surface area (Å²) in [5.74, 6) is 1.16. The van der Waals surface area contributed by atoms with Crippen LogP contribution in [0.25, 0.3) is 0 Å². The highest BCUT2D eigenvalue weighted by molar-refractivity contribution is 5.94. The Labute approximate surface area is 124 Å². The summed E-state index contributed by atoms with van der Waals surface area (Å²) in [6.07, 6.45) is 2.03. The third kappa shape index (κ3) is 3.54. The molecular weight excluding hydrogens is 264 g/mol. The van der Waals surface area contributed by atoms with Crippen molar-refractivity contribution in [3.05, 3.63) is 48.5 Å². The normalized spacial score (nSPS) is 13.6. The molecule has 2 aromatic carbocycles. The standard InChI is InChI=1S/C17H18N2O2/c1-21-16-4-2-3-15(11-16)18-13-7-9-14(10-8-13)19-17(20)12-5-6-12/h2-4,7-12,18H,5-6H2,1H3,(H,19,20). The molecule has 108 valence electrons. The number of carbonyl (C=O) groups excluding carboxylic acids is 1. The minimum absolute atomic E-state index is 0.128. The number of benzene rings is 2. The van der Waals surface area contributed by atoms with Crippen molar-refractivity contribution in [2.45, 2.75) is 12.8 Å². The van der Waals surface area contributed by atoms with E-state index in [1.54, 1.807) is 7.11 Å². The lowest BCUT2D eigenvalue weighted by Crippen LogP contribution is -2.13. The second-order valence-corrected chi connectivity index (χ2v) is 5.20. The molecule has 2 N–H and O–H groups in total. The highest BCUT2D eigenvalue weighted by Crippen LogP contribution is 2.30. The zero-order valence-electron chi connectivity index (χ0n) is 11.9. The minimum atomic E-state index is 0.128. The number of nitrogens with one attached hydrogen (secondary N) is 2. The molecule has 0 atom stereocenters. The maximum atomic E-state index is 11.7. The number of carbonyl (C=O) groups is 1. The van der Waals surface area contributed by atoms with Crippen molar-refractivity contribution in [3.63, 3.8) is 0 Å². The lowest BCUT2D eigenvalue weighted by molar-refractivity contribution is -0.117. The molecule has 0 saturated heterocycles. The lowest BCUT2D eigenvalue weighted by atomic mass is 10.2. The Balaban J connectivity index is 1.64. The van der Waals surface area contributed by atoms with Gasteiger partial charge in [0.2, 0.25) is 5.91 Å². The summed E-state index contributed by atoms with van der Waals surface area (Å²) in [5.41, 5.74) is 2.76. The fraction of sp³-hybridized carbons (Fsp3) is 0.235. The molecule has 0 aliphatic heterocycles. The van der Waals surface area contributed by atoms with Gasteiger partial charge in [-0.1, -0.05) is 6.07 Å². The molecule has 1 fully saturated rings. The number of hydrogen-bond donors (Lipinski definition) is 2. The van der Waals surface area contributed by atoms with Crippen LogP contribution in [0.1, 0.15) is 12.8 Å². The van der Waals surface area contributed by atoms with Crippen molar-refractivity contribution < 1.29 is 9.53 Å². The molecule has 0 radical (unpaired) electrons. The Morgan fingerprint density at radius 3 is 2.43 bits per heavy atom. The van der Waals surface area contributed by atoms with Gasteiger partial charge in [0.15, 0.2) is 0 Å². The summed E-state index contributed by atoms with van der Waals surface area (Å²) < 4.78 is 5.20. The molecule has 1 aliphatic rings. The molecule has 0 unspecified atom stereocenters. The van der Waals surface area contributed by atoms with E-state index in [2.05, 4.69) is 10.6 Å². The maximum absolute atomic E-state index is 11.7. The van der Waals surface area contributed by atoms with E-state index in [-0.39, 0.29) is 11.8 Å². The predicted molar refractivity (Wildman–Crippen MR) is 84.1 cm³/mol. The summed E-state index contributed by atoms with van der Waals surface area (Å²) >= 11 is 0. The van der Waals surface area contributed by atoms with Crippen molar-refractivity contribution in [2.24, 2.45) is 5.92 Å². The van der Waals surface area contributed by atoms with E-state index in [0.29, 0.717) is 0 Å². The van der Waals surface area contributed by atoms with Crippen LogP contribution in [-0.4, -0.2) is 13.0 Å². The highest BCUT2D eigenvalue weighted by atomic mass is 16.5. The quantitative estimate of drug-likeness (QED) is 0.877. The first kappa shape index (κ1) is 13.5. The van der Waals surface area contributed by atoms with E-state index in [9.17, 15) is 4.79 Å². The molecule has 2 aromatic rings. The third-order valence-corrected chi connectivity index (χ3v) is 3.46. The lowest BCUT2D eigenvalue weighted by Gasteiger charge is -2.09. The van der Waals surface area contributed by atoms with Crippen LogP contribution in [0, 0.1) is 5.92 Å². The van der Waals surface area contributed by atoms with Crippen molar-refractivity contribution in [3.8, 4) is 5.75 Å². The van der Waals surface area contributed by atoms with Crippen molar-refractivity contribution in [1.82, 2.24) is 0 Å². The molecule has 1 amide bonds. The largest absolute Gasteiger partial charge is 0.497 e.